The molecular weight excluding hydrogens is 480 g/mol. The van der Waals surface area contributed by atoms with Crippen molar-refractivity contribution in [3.63, 3.8) is 0 Å². The second-order valence-electron chi connectivity index (χ2n) is 10.2. The van der Waals surface area contributed by atoms with E-state index in [-0.39, 0.29) is 17.1 Å². The van der Waals surface area contributed by atoms with Gasteiger partial charge in [-0.1, -0.05) is 68.4 Å². The highest BCUT2D eigenvalue weighted by Gasteiger charge is 2.39. The Morgan fingerprint density at radius 1 is 1.14 bits per heavy atom. The predicted molar refractivity (Wildman–Crippen MR) is 148 cm³/mol. The van der Waals surface area contributed by atoms with Crippen LogP contribution in [0.3, 0.4) is 0 Å². The van der Waals surface area contributed by atoms with Crippen LogP contribution in [0, 0.1) is 0 Å². The van der Waals surface area contributed by atoms with Gasteiger partial charge in [0.25, 0.3) is 0 Å². The standard InChI is InChI=1S/C27H33ClN4O2S/c1-26(2,3)19-8-6-18(7-9-19)24-25(31-27(30-24)12-14-32(4)15-13-27)35-17-23(33)29-21-16-20(28)10-11-22(21)34-5/h6-11,16H,12-15,17H2,1-5H3,(H,29,33). The van der Waals surface area contributed by atoms with E-state index < -0.39 is 5.66 Å². The van der Waals surface area contributed by atoms with Crippen LogP contribution in [0.15, 0.2) is 52.4 Å². The molecule has 1 spiro atoms. The number of benzene rings is 2. The third-order valence-electron chi connectivity index (χ3n) is 6.42. The number of nitrogens with one attached hydrogen (secondary N) is 1. The smallest absolute Gasteiger partial charge is 0.234 e. The van der Waals surface area contributed by atoms with Crippen molar-refractivity contribution in [1.82, 2.24) is 4.90 Å². The molecule has 2 aromatic rings. The molecule has 6 nitrogen and oxygen atoms in total. The van der Waals surface area contributed by atoms with Crippen LogP contribution in [0.25, 0.3) is 0 Å². The molecule has 2 aromatic carbocycles. The molecule has 186 valence electrons. The molecule has 8 heteroatoms. The van der Waals surface area contributed by atoms with E-state index in [0.717, 1.165) is 42.3 Å². The number of methoxy groups -OCH3 is 1. The number of aliphatic imine (C=N–C) groups is 2. The summed E-state index contributed by atoms with van der Waals surface area (Å²) < 4.78 is 5.34. The molecule has 35 heavy (non-hydrogen) atoms. The van der Waals surface area contributed by atoms with Gasteiger partial charge in [0.15, 0.2) is 5.66 Å². The highest BCUT2D eigenvalue weighted by Crippen LogP contribution is 2.36. The average molecular weight is 513 g/mol. The van der Waals surface area contributed by atoms with E-state index in [1.807, 2.05) is 0 Å². The fourth-order valence-electron chi connectivity index (χ4n) is 4.24. The minimum Gasteiger partial charge on any atom is -0.495 e. The Balaban J connectivity index is 1.54. The van der Waals surface area contributed by atoms with Crippen LogP contribution in [-0.2, 0) is 10.2 Å². The Labute approximate surface area is 217 Å². The molecule has 0 aromatic heterocycles. The summed E-state index contributed by atoms with van der Waals surface area (Å²) in [7, 11) is 3.70. The Bertz CT molecular complexity index is 1150. The summed E-state index contributed by atoms with van der Waals surface area (Å²) in [5, 5.41) is 4.27. The highest BCUT2D eigenvalue weighted by atomic mass is 35.5. The van der Waals surface area contributed by atoms with E-state index in [9.17, 15) is 4.79 Å². The van der Waals surface area contributed by atoms with Crippen molar-refractivity contribution in [3.8, 4) is 5.75 Å². The van der Waals surface area contributed by atoms with Crippen molar-refractivity contribution in [2.24, 2.45) is 9.98 Å². The predicted octanol–water partition coefficient (Wildman–Crippen LogP) is 5.64. The first-order chi connectivity index (χ1) is 16.6. The van der Waals surface area contributed by atoms with Crippen molar-refractivity contribution < 1.29 is 9.53 Å². The first kappa shape index (κ1) is 25.7. The molecule has 0 radical (unpaired) electrons. The van der Waals surface area contributed by atoms with Crippen molar-refractivity contribution in [1.29, 1.82) is 0 Å². The quantitative estimate of drug-likeness (QED) is 0.563. The van der Waals surface area contributed by atoms with Gasteiger partial charge in [0.2, 0.25) is 5.91 Å². The summed E-state index contributed by atoms with van der Waals surface area (Å²) in [5.41, 5.74) is 3.40. The van der Waals surface area contributed by atoms with Crippen molar-refractivity contribution >= 4 is 45.7 Å². The van der Waals surface area contributed by atoms with Crippen LogP contribution in [-0.4, -0.2) is 60.2 Å². The van der Waals surface area contributed by atoms with E-state index in [1.54, 1.807) is 25.3 Å². The van der Waals surface area contributed by atoms with Crippen molar-refractivity contribution in [3.05, 3.63) is 58.6 Å². The third-order valence-corrected chi connectivity index (χ3v) is 7.62. The molecule has 0 saturated carbocycles. The Morgan fingerprint density at radius 2 is 1.83 bits per heavy atom. The lowest BCUT2D eigenvalue weighted by Gasteiger charge is -2.33. The van der Waals surface area contributed by atoms with Crippen LogP contribution in [0.2, 0.25) is 5.02 Å². The monoisotopic (exact) mass is 512 g/mol. The minimum absolute atomic E-state index is 0.0797. The largest absolute Gasteiger partial charge is 0.495 e. The molecule has 4 rings (SSSR count). The maximum Gasteiger partial charge on any atom is 0.234 e. The van der Waals surface area contributed by atoms with E-state index >= 15 is 0 Å². The van der Waals surface area contributed by atoms with Gasteiger partial charge in [-0.15, -0.1) is 0 Å². The average Bonchev–Trinajstić information content (AvgIpc) is 3.18. The fourth-order valence-corrected chi connectivity index (χ4v) is 5.28. The molecular formula is C27H33ClN4O2S. The summed E-state index contributed by atoms with van der Waals surface area (Å²) in [6.45, 7) is 8.53. The lowest BCUT2D eigenvalue weighted by molar-refractivity contribution is -0.113. The summed E-state index contributed by atoms with van der Waals surface area (Å²) in [6, 6.07) is 13.7. The molecule has 0 unspecified atom stereocenters. The van der Waals surface area contributed by atoms with Crippen LogP contribution in [0.4, 0.5) is 5.69 Å². The molecule has 0 atom stereocenters. The van der Waals surface area contributed by atoms with E-state index in [0.29, 0.717) is 16.5 Å². The number of hydrogen-bond acceptors (Lipinski definition) is 6. The molecule has 0 bridgehead atoms. The lowest BCUT2D eigenvalue weighted by atomic mass is 9.86. The summed E-state index contributed by atoms with van der Waals surface area (Å²) in [6.07, 6.45) is 1.76. The lowest BCUT2D eigenvalue weighted by Crippen LogP contribution is -2.39. The molecule has 1 saturated heterocycles. The number of hydrogen-bond donors (Lipinski definition) is 1. The van der Waals surface area contributed by atoms with Gasteiger partial charge in [0.05, 0.1) is 24.3 Å². The van der Waals surface area contributed by atoms with Crippen LogP contribution in [0.5, 0.6) is 5.75 Å². The third kappa shape index (κ3) is 6.08. The maximum absolute atomic E-state index is 12.8. The second kappa shape index (κ2) is 10.3. The molecule has 0 aliphatic carbocycles. The highest BCUT2D eigenvalue weighted by molar-refractivity contribution is 8.16. The van der Waals surface area contributed by atoms with Gasteiger partial charge in [-0.2, -0.15) is 0 Å². The zero-order chi connectivity index (χ0) is 25.2. The van der Waals surface area contributed by atoms with Crippen molar-refractivity contribution in [2.45, 2.75) is 44.7 Å². The zero-order valence-corrected chi connectivity index (χ0v) is 22.6. The second-order valence-corrected chi connectivity index (χ2v) is 11.6. The van der Waals surface area contributed by atoms with Gasteiger partial charge in [-0.25, -0.2) is 4.99 Å². The summed E-state index contributed by atoms with van der Waals surface area (Å²) in [5.74, 6) is 0.631. The number of likely N-dealkylation sites (tertiary alicyclic amines) is 1. The number of anilines is 1. The Morgan fingerprint density at radius 3 is 2.46 bits per heavy atom. The molecule has 2 heterocycles. The number of halogens is 1. The van der Waals surface area contributed by atoms with E-state index in [2.05, 4.69) is 62.3 Å². The summed E-state index contributed by atoms with van der Waals surface area (Å²) in [4.78, 5) is 25.4. The first-order valence-corrected chi connectivity index (χ1v) is 13.2. The number of thioether (sulfide) groups is 1. The minimum atomic E-state index is -0.431. The number of rotatable bonds is 5. The van der Waals surface area contributed by atoms with Crippen LogP contribution >= 0.6 is 23.4 Å². The van der Waals surface area contributed by atoms with Gasteiger partial charge in [-0.05, 0) is 36.2 Å². The van der Waals surface area contributed by atoms with Crippen molar-refractivity contribution in [2.75, 3.05) is 38.3 Å². The van der Waals surface area contributed by atoms with Gasteiger partial charge >= 0.3 is 0 Å². The maximum atomic E-state index is 12.8. The Hall–Kier alpha value is -2.35. The normalized spacial score (nSPS) is 17.8. The number of ether oxygens (including phenoxy) is 1. The Kier molecular flexibility index (Phi) is 7.60. The topological polar surface area (TPSA) is 66.3 Å². The van der Waals surface area contributed by atoms with Gasteiger partial charge in [0, 0.05) is 36.5 Å². The number of carbonyl (C=O) groups excluding carboxylic acids is 1. The molecule has 1 fully saturated rings. The first-order valence-electron chi connectivity index (χ1n) is 11.8. The summed E-state index contributed by atoms with van der Waals surface area (Å²) >= 11 is 7.54. The molecule has 2 aliphatic heterocycles. The van der Waals surface area contributed by atoms with E-state index in [4.69, 9.17) is 26.3 Å². The molecule has 2 aliphatic rings. The number of nitrogens with zero attached hydrogens (tertiary/aromatic N) is 3. The van der Waals surface area contributed by atoms with Crippen LogP contribution in [0.1, 0.15) is 44.7 Å². The van der Waals surface area contributed by atoms with E-state index in [1.165, 1.54) is 17.3 Å². The fraction of sp³-hybridized carbons (Fsp3) is 0.444. The number of piperidine rings is 1. The SMILES string of the molecule is COc1ccc(Cl)cc1NC(=O)CSC1=NC2(CCN(C)CC2)N=C1c1ccc(C(C)(C)C)cc1. The number of amides is 1. The van der Waals surface area contributed by atoms with Gasteiger partial charge in [0.1, 0.15) is 10.8 Å². The number of carbonyl (C=O) groups is 1. The van der Waals surface area contributed by atoms with Gasteiger partial charge < -0.3 is 15.0 Å². The van der Waals surface area contributed by atoms with Crippen LogP contribution < -0.4 is 10.1 Å². The molecule has 1 amide bonds. The zero-order valence-electron chi connectivity index (χ0n) is 21.0. The van der Waals surface area contributed by atoms with Gasteiger partial charge in [-0.3, -0.25) is 9.79 Å². The molecule has 1 N–H and O–H groups in total.